The third-order valence-electron chi connectivity index (χ3n) is 3.26. The molecule has 3 atom stereocenters. The Kier molecular flexibility index (Phi) is 3.15. The SMILES string of the molecule is CCC(C)(C#N)C(=O)NCC1CC1C. The molecule has 0 aliphatic heterocycles. The van der Waals surface area contributed by atoms with Crippen molar-refractivity contribution in [1.82, 2.24) is 5.32 Å². The summed E-state index contributed by atoms with van der Waals surface area (Å²) in [6.07, 6.45) is 1.77. The van der Waals surface area contributed by atoms with Crippen LogP contribution in [0.1, 0.15) is 33.6 Å². The first-order valence-corrected chi connectivity index (χ1v) is 5.23. The van der Waals surface area contributed by atoms with Gasteiger partial charge in [0, 0.05) is 6.54 Å². The molecule has 0 aromatic rings. The van der Waals surface area contributed by atoms with Gasteiger partial charge in [-0.1, -0.05) is 13.8 Å². The number of carbonyl (C=O) groups is 1. The smallest absolute Gasteiger partial charge is 0.240 e. The zero-order chi connectivity index (χ0) is 10.8. The van der Waals surface area contributed by atoms with Crippen LogP contribution in [0.25, 0.3) is 0 Å². The molecule has 3 nitrogen and oxygen atoms in total. The van der Waals surface area contributed by atoms with Crippen molar-refractivity contribution in [3.8, 4) is 6.07 Å². The van der Waals surface area contributed by atoms with E-state index in [1.54, 1.807) is 6.92 Å². The molecular weight excluding hydrogens is 176 g/mol. The fraction of sp³-hybridized carbons (Fsp3) is 0.818. The minimum absolute atomic E-state index is 0.124. The molecule has 1 aliphatic rings. The van der Waals surface area contributed by atoms with Crippen molar-refractivity contribution in [2.24, 2.45) is 17.3 Å². The number of rotatable bonds is 4. The summed E-state index contributed by atoms with van der Waals surface area (Å²) in [4.78, 5) is 11.6. The minimum atomic E-state index is -0.849. The van der Waals surface area contributed by atoms with Crippen LogP contribution >= 0.6 is 0 Å². The Labute approximate surface area is 85.5 Å². The van der Waals surface area contributed by atoms with E-state index in [0.717, 1.165) is 12.5 Å². The van der Waals surface area contributed by atoms with Gasteiger partial charge in [-0.25, -0.2) is 0 Å². The maximum Gasteiger partial charge on any atom is 0.240 e. The standard InChI is InChI=1S/C11H18N2O/c1-4-11(3,7-12)10(14)13-6-9-5-8(9)2/h8-9H,4-6H2,1-3H3,(H,13,14). The van der Waals surface area contributed by atoms with Crippen molar-refractivity contribution in [3.05, 3.63) is 0 Å². The Morgan fingerprint density at radius 3 is 2.64 bits per heavy atom. The van der Waals surface area contributed by atoms with E-state index in [9.17, 15) is 4.79 Å². The highest BCUT2D eigenvalue weighted by atomic mass is 16.2. The molecule has 3 unspecified atom stereocenters. The molecule has 0 radical (unpaired) electrons. The van der Waals surface area contributed by atoms with Gasteiger partial charge in [0.05, 0.1) is 6.07 Å². The van der Waals surface area contributed by atoms with E-state index in [1.165, 1.54) is 6.42 Å². The number of nitrogens with one attached hydrogen (secondary N) is 1. The maximum absolute atomic E-state index is 11.6. The highest BCUT2D eigenvalue weighted by Gasteiger charge is 2.35. The van der Waals surface area contributed by atoms with Crippen molar-refractivity contribution >= 4 is 5.91 Å². The number of carbonyl (C=O) groups excluding carboxylic acids is 1. The molecule has 0 heterocycles. The van der Waals surface area contributed by atoms with Gasteiger partial charge in [0.25, 0.3) is 0 Å². The largest absolute Gasteiger partial charge is 0.354 e. The molecule has 0 aromatic heterocycles. The van der Waals surface area contributed by atoms with Gasteiger partial charge >= 0.3 is 0 Å². The number of nitrogens with zero attached hydrogens (tertiary/aromatic N) is 1. The minimum Gasteiger partial charge on any atom is -0.354 e. The summed E-state index contributed by atoms with van der Waals surface area (Å²) in [5.41, 5.74) is -0.849. The molecular formula is C11H18N2O. The Morgan fingerprint density at radius 2 is 2.29 bits per heavy atom. The first-order chi connectivity index (χ1) is 6.53. The van der Waals surface area contributed by atoms with Crippen molar-refractivity contribution < 1.29 is 4.79 Å². The van der Waals surface area contributed by atoms with Crippen LogP contribution in [0.4, 0.5) is 0 Å². The molecule has 78 valence electrons. The molecule has 3 heteroatoms. The number of amides is 1. The second kappa shape index (κ2) is 4.00. The van der Waals surface area contributed by atoms with Gasteiger partial charge in [-0.05, 0) is 31.6 Å². The summed E-state index contributed by atoms with van der Waals surface area (Å²) in [6.45, 7) is 6.47. The topological polar surface area (TPSA) is 52.9 Å². The number of hydrogen-bond donors (Lipinski definition) is 1. The van der Waals surface area contributed by atoms with Gasteiger partial charge < -0.3 is 5.32 Å². The monoisotopic (exact) mass is 194 g/mol. The molecule has 1 N–H and O–H groups in total. The number of hydrogen-bond acceptors (Lipinski definition) is 2. The fourth-order valence-corrected chi connectivity index (χ4v) is 1.39. The van der Waals surface area contributed by atoms with Crippen molar-refractivity contribution in [3.63, 3.8) is 0 Å². The lowest BCUT2D eigenvalue weighted by molar-refractivity contribution is -0.127. The van der Waals surface area contributed by atoms with Gasteiger partial charge in [-0.15, -0.1) is 0 Å². The fourth-order valence-electron chi connectivity index (χ4n) is 1.39. The highest BCUT2D eigenvalue weighted by Crippen LogP contribution is 2.37. The summed E-state index contributed by atoms with van der Waals surface area (Å²) in [5.74, 6) is 1.26. The summed E-state index contributed by atoms with van der Waals surface area (Å²) in [5, 5.41) is 11.7. The van der Waals surface area contributed by atoms with Crippen molar-refractivity contribution in [1.29, 1.82) is 5.26 Å². The van der Waals surface area contributed by atoms with Gasteiger partial charge in [0.2, 0.25) is 5.91 Å². The second-order valence-electron chi connectivity index (χ2n) is 4.48. The molecule has 1 fully saturated rings. The lowest BCUT2D eigenvalue weighted by Gasteiger charge is -2.18. The predicted octanol–water partition coefficient (Wildman–Crippen LogP) is 1.70. The van der Waals surface area contributed by atoms with Gasteiger partial charge in [-0.2, -0.15) is 5.26 Å². The van der Waals surface area contributed by atoms with E-state index < -0.39 is 5.41 Å². The van der Waals surface area contributed by atoms with Gasteiger partial charge in [0.15, 0.2) is 0 Å². The van der Waals surface area contributed by atoms with Crippen LogP contribution in [0.15, 0.2) is 0 Å². The number of nitriles is 1. The summed E-state index contributed by atoms with van der Waals surface area (Å²) < 4.78 is 0. The van der Waals surface area contributed by atoms with Gasteiger partial charge in [-0.3, -0.25) is 4.79 Å². The van der Waals surface area contributed by atoms with Crippen LogP contribution in [0, 0.1) is 28.6 Å². The Balaban J connectivity index is 2.37. The van der Waals surface area contributed by atoms with E-state index in [-0.39, 0.29) is 5.91 Å². The molecule has 1 rings (SSSR count). The first-order valence-electron chi connectivity index (χ1n) is 5.23. The lowest BCUT2D eigenvalue weighted by Crippen LogP contribution is -2.38. The van der Waals surface area contributed by atoms with Crippen LogP contribution in [-0.4, -0.2) is 12.5 Å². The van der Waals surface area contributed by atoms with Crippen LogP contribution in [0.5, 0.6) is 0 Å². The molecule has 0 saturated heterocycles. The Morgan fingerprint density at radius 1 is 1.71 bits per heavy atom. The first kappa shape index (κ1) is 11.0. The Hall–Kier alpha value is -1.04. The summed E-state index contributed by atoms with van der Waals surface area (Å²) >= 11 is 0. The maximum atomic E-state index is 11.6. The molecule has 1 amide bonds. The van der Waals surface area contributed by atoms with E-state index in [4.69, 9.17) is 5.26 Å². The van der Waals surface area contributed by atoms with Crippen LogP contribution in [0.2, 0.25) is 0 Å². The third-order valence-corrected chi connectivity index (χ3v) is 3.26. The Bertz CT molecular complexity index is 269. The lowest BCUT2D eigenvalue weighted by atomic mass is 9.88. The van der Waals surface area contributed by atoms with E-state index in [2.05, 4.69) is 18.3 Å². The summed E-state index contributed by atoms with van der Waals surface area (Å²) in [7, 11) is 0. The van der Waals surface area contributed by atoms with Crippen LogP contribution in [0.3, 0.4) is 0 Å². The van der Waals surface area contributed by atoms with E-state index in [1.807, 2.05) is 6.92 Å². The average Bonchev–Trinajstić information content (AvgIpc) is 2.89. The zero-order valence-electron chi connectivity index (χ0n) is 9.13. The quantitative estimate of drug-likeness (QED) is 0.740. The zero-order valence-corrected chi connectivity index (χ0v) is 9.13. The van der Waals surface area contributed by atoms with Gasteiger partial charge in [0.1, 0.15) is 5.41 Å². The van der Waals surface area contributed by atoms with E-state index >= 15 is 0 Å². The average molecular weight is 194 g/mol. The molecule has 1 saturated carbocycles. The second-order valence-corrected chi connectivity index (χ2v) is 4.48. The molecule has 14 heavy (non-hydrogen) atoms. The third kappa shape index (κ3) is 2.25. The molecule has 0 bridgehead atoms. The van der Waals surface area contributed by atoms with Crippen molar-refractivity contribution in [2.75, 3.05) is 6.54 Å². The van der Waals surface area contributed by atoms with E-state index in [0.29, 0.717) is 12.3 Å². The van der Waals surface area contributed by atoms with Crippen molar-refractivity contribution in [2.45, 2.75) is 33.6 Å². The summed E-state index contributed by atoms with van der Waals surface area (Å²) in [6, 6.07) is 2.07. The van der Waals surface area contributed by atoms with Crippen LogP contribution in [-0.2, 0) is 4.79 Å². The molecule has 1 aliphatic carbocycles. The normalized spacial score (nSPS) is 28.7. The van der Waals surface area contributed by atoms with Crippen LogP contribution < -0.4 is 5.32 Å². The predicted molar refractivity (Wildman–Crippen MR) is 54.3 cm³/mol. The highest BCUT2D eigenvalue weighted by molar-refractivity contribution is 5.84. The molecule has 0 aromatic carbocycles. The molecule has 0 spiro atoms.